The summed E-state index contributed by atoms with van der Waals surface area (Å²) in [6.07, 6.45) is 0.945. The molecule has 0 unspecified atom stereocenters. The van der Waals surface area contributed by atoms with Crippen molar-refractivity contribution in [2.75, 3.05) is 19.6 Å². The molecule has 1 amide bonds. The second kappa shape index (κ2) is 5.19. The van der Waals surface area contributed by atoms with Gasteiger partial charge in [-0.1, -0.05) is 13.0 Å². The van der Waals surface area contributed by atoms with Crippen LogP contribution in [0.25, 0.3) is 0 Å². The van der Waals surface area contributed by atoms with E-state index in [0.29, 0.717) is 11.6 Å². The molecule has 92 valence electrons. The minimum absolute atomic E-state index is 0.00856. The number of aromatic hydroxyl groups is 1. The number of phenolic OH excluding ortho intramolecular Hbond substituents is 1. The van der Waals surface area contributed by atoms with Crippen molar-refractivity contribution in [1.82, 2.24) is 10.2 Å². The topological polar surface area (TPSA) is 52.6 Å². The van der Waals surface area contributed by atoms with Gasteiger partial charge in [0.05, 0.1) is 6.04 Å². The third-order valence-electron chi connectivity index (χ3n) is 3.02. The molecule has 0 spiro atoms. The normalized spacial score (nSPS) is 15.4. The Bertz CT molecular complexity index is 402. The number of amides is 1. The Labute approximate surface area is 101 Å². The number of hydrogen-bond acceptors (Lipinski definition) is 3. The number of nitrogens with zero attached hydrogens (tertiary/aromatic N) is 1. The van der Waals surface area contributed by atoms with Gasteiger partial charge >= 0.3 is 0 Å². The van der Waals surface area contributed by atoms with Gasteiger partial charge in [0, 0.05) is 25.2 Å². The average molecular weight is 234 g/mol. The minimum atomic E-state index is 0.00856. The maximum Gasteiger partial charge on any atom is 0.254 e. The standard InChI is InChI=1S/C13H18N2O2/c1-2-6-15(11-8-14-9-11)13(17)10-4-3-5-12(16)7-10/h3-5,7,11,14,16H,2,6,8-9H2,1H3. The van der Waals surface area contributed by atoms with Crippen molar-refractivity contribution >= 4 is 5.91 Å². The molecule has 1 aromatic rings. The molecule has 4 heteroatoms. The number of carbonyl (C=O) groups excluding carboxylic acids is 1. The van der Waals surface area contributed by atoms with Crippen molar-refractivity contribution in [1.29, 1.82) is 0 Å². The van der Waals surface area contributed by atoms with Crippen LogP contribution in [0, 0.1) is 0 Å². The molecule has 1 heterocycles. The summed E-state index contributed by atoms with van der Waals surface area (Å²) in [5, 5.41) is 12.6. The molecule has 0 saturated carbocycles. The largest absolute Gasteiger partial charge is 0.508 e. The zero-order valence-electron chi connectivity index (χ0n) is 10.0. The summed E-state index contributed by atoms with van der Waals surface area (Å²) in [5.74, 6) is 0.147. The zero-order valence-corrected chi connectivity index (χ0v) is 10.0. The van der Waals surface area contributed by atoms with E-state index < -0.39 is 0 Å². The van der Waals surface area contributed by atoms with Gasteiger partial charge in [0.25, 0.3) is 5.91 Å². The second-order valence-corrected chi connectivity index (χ2v) is 4.36. The monoisotopic (exact) mass is 234 g/mol. The van der Waals surface area contributed by atoms with Crippen LogP contribution >= 0.6 is 0 Å². The van der Waals surface area contributed by atoms with Crippen LogP contribution in [0.15, 0.2) is 24.3 Å². The van der Waals surface area contributed by atoms with Gasteiger partial charge in [0.1, 0.15) is 5.75 Å². The number of benzene rings is 1. The van der Waals surface area contributed by atoms with Crippen molar-refractivity contribution in [3.8, 4) is 5.75 Å². The average Bonchev–Trinajstić information content (AvgIpc) is 2.25. The molecule has 4 nitrogen and oxygen atoms in total. The molecule has 17 heavy (non-hydrogen) atoms. The summed E-state index contributed by atoms with van der Waals surface area (Å²) in [6.45, 7) is 4.56. The first-order chi connectivity index (χ1) is 8.22. The van der Waals surface area contributed by atoms with Gasteiger partial charge in [-0.15, -0.1) is 0 Å². The highest BCUT2D eigenvalue weighted by molar-refractivity contribution is 5.94. The summed E-state index contributed by atoms with van der Waals surface area (Å²) < 4.78 is 0. The Morgan fingerprint density at radius 2 is 2.29 bits per heavy atom. The molecule has 2 rings (SSSR count). The molecule has 0 aliphatic carbocycles. The number of hydrogen-bond donors (Lipinski definition) is 2. The fourth-order valence-electron chi connectivity index (χ4n) is 1.99. The molecule has 2 N–H and O–H groups in total. The van der Waals surface area contributed by atoms with E-state index in [0.717, 1.165) is 26.1 Å². The van der Waals surface area contributed by atoms with E-state index >= 15 is 0 Å². The molecule has 1 aromatic carbocycles. The van der Waals surface area contributed by atoms with Crippen LogP contribution in [0.2, 0.25) is 0 Å². The Balaban J connectivity index is 2.15. The third-order valence-corrected chi connectivity index (χ3v) is 3.02. The van der Waals surface area contributed by atoms with Crippen LogP contribution in [0.4, 0.5) is 0 Å². The summed E-state index contributed by atoms with van der Waals surface area (Å²) in [5.41, 5.74) is 0.561. The molecule has 0 aromatic heterocycles. The highest BCUT2D eigenvalue weighted by atomic mass is 16.3. The SMILES string of the molecule is CCCN(C(=O)c1cccc(O)c1)C1CNC1. The number of nitrogens with one attached hydrogen (secondary N) is 1. The third kappa shape index (κ3) is 2.58. The van der Waals surface area contributed by atoms with Crippen LogP contribution in [0.1, 0.15) is 23.7 Å². The molecule has 0 atom stereocenters. The maximum absolute atomic E-state index is 12.3. The molecule has 0 bridgehead atoms. The number of rotatable bonds is 4. The zero-order chi connectivity index (χ0) is 12.3. The lowest BCUT2D eigenvalue weighted by Crippen LogP contribution is -2.59. The van der Waals surface area contributed by atoms with Crippen molar-refractivity contribution in [3.05, 3.63) is 29.8 Å². The Hall–Kier alpha value is -1.55. The summed E-state index contributed by atoms with van der Waals surface area (Å²) in [7, 11) is 0. The van der Waals surface area contributed by atoms with Gasteiger partial charge in [-0.25, -0.2) is 0 Å². The summed E-state index contributed by atoms with van der Waals surface area (Å²) in [4.78, 5) is 14.2. The first-order valence-electron chi connectivity index (χ1n) is 6.03. The maximum atomic E-state index is 12.3. The second-order valence-electron chi connectivity index (χ2n) is 4.36. The summed E-state index contributed by atoms with van der Waals surface area (Å²) in [6, 6.07) is 6.84. The predicted molar refractivity (Wildman–Crippen MR) is 66.1 cm³/mol. The summed E-state index contributed by atoms with van der Waals surface area (Å²) >= 11 is 0. The smallest absolute Gasteiger partial charge is 0.254 e. The molecule has 0 radical (unpaired) electrons. The highest BCUT2D eigenvalue weighted by Crippen LogP contribution is 2.16. The fraction of sp³-hybridized carbons (Fsp3) is 0.462. The van der Waals surface area contributed by atoms with Gasteiger partial charge in [0.2, 0.25) is 0 Å². The lowest BCUT2D eigenvalue weighted by atomic mass is 10.1. The lowest BCUT2D eigenvalue weighted by molar-refractivity contribution is 0.0615. The lowest BCUT2D eigenvalue weighted by Gasteiger charge is -2.38. The van der Waals surface area contributed by atoms with Gasteiger partial charge in [-0.3, -0.25) is 4.79 Å². The van der Waals surface area contributed by atoms with E-state index in [1.807, 2.05) is 4.90 Å². The van der Waals surface area contributed by atoms with Crippen LogP contribution in [0.3, 0.4) is 0 Å². The van der Waals surface area contributed by atoms with Crippen molar-refractivity contribution in [2.45, 2.75) is 19.4 Å². The van der Waals surface area contributed by atoms with E-state index in [1.165, 1.54) is 6.07 Å². The van der Waals surface area contributed by atoms with Crippen molar-refractivity contribution in [2.24, 2.45) is 0 Å². The van der Waals surface area contributed by atoms with Crippen molar-refractivity contribution in [3.63, 3.8) is 0 Å². The van der Waals surface area contributed by atoms with Gasteiger partial charge < -0.3 is 15.3 Å². The molecule has 1 aliphatic rings. The van der Waals surface area contributed by atoms with Crippen LogP contribution in [-0.4, -0.2) is 41.6 Å². The number of carbonyl (C=O) groups is 1. The quantitative estimate of drug-likeness (QED) is 0.823. The minimum Gasteiger partial charge on any atom is -0.508 e. The van der Waals surface area contributed by atoms with E-state index in [1.54, 1.807) is 18.2 Å². The molecular formula is C13H18N2O2. The molecule has 1 fully saturated rings. The predicted octanol–water partition coefficient (Wildman–Crippen LogP) is 1.22. The van der Waals surface area contributed by atoms with Gasteiger partial charge in [-0.05, 0) is 24.6 Å². The van der Waals surface area contributed by atoms with Crippen molar-refractivity contribution < 1.29 is 9.90 Å². The van der Waals surface area contributed by atoms with Crippen LogP contribution in [-0.2, 0) is 0 Å². The Kier molecular flexibility index (Phi) is 3.64. The van der Waals surface area contributed by atoms with E-state index in [2.05, 4.69) is 12.2 Å². The fourth-order valence-corrected chi connectivity index (χ4v) is 1.99. The van der Waals surface area contributed by atoms with E-state index in [-0.39, 0.29) is 11.7 Å². The first-order valence-corrected chi connectivity index (χ1v) is 6.03. The van der Waals surface area contributed by atoms with Crippen LogP contribution < -0.4 is 5.32 Å². The number of phenols is 1. The van der Waals surface area contributed by atoms with E-state index in [4.69, 9.17) is 0 Å². The van der Waals surface area contributed by atoms with E-state index in [9.17, 15) is 9.90 Å². The van der Waals surface area contributed by atoms with Gasteiger partial charge in [-0.2, -0.15) is 0 Å². The first kappa shape index (κ1) is 11.9. The molecular weight excluding hydrogens is 216 g/mol. The molecule has 1 aliphatic heterocycles. The molecule has 1 saturated heterocycles. The Morgan fingerprint density at radius 1 is 1.53 bits per heavy atom. The van der Waals surface area contributed by atoms with Gasteiger partial charge in [0.15, 0.2) is 0 Å². The highest BCUT2D eigenvalue weighted by Gasteiger charge is 2.28. The van der Waals surface area contributed by atoms with Crippen LogP contribution in [0.5, 0.6) is 5.75 Å². The Morgan fingerprint density at radius 3 is 2.82 bits per heavy atom.